The van der Waals surface area contributed by atoms with Crippen molar-refractivity contribution in [2.75, 3.05) is 0 Å². The molecule has 0 saturated heterocycles. The summed E-state index contributed by atoms with van der Waals surface area (Å²) in [4.78, 5) is 0. The molecule has 0 radical (unpaired) electrons. The molecule has 0 nitrogen and oxygen atoms in total. The van der Waals surface area contributed by atoms with Crippen molar-refractivity contribution in [2.45, 2.75) is 0 Å². The summed E-state index contributed by atoms with van der Waals surface area (Å²) in [5.74, 6) is 0. The van der Waals surface area contributed by atoms with Crippen molar-refractivity contribution >= 4 is 53.9 Å². The molecular weight excluding hydrogens is 673 g/mol. The topological polar surface area (TPSA) is 0 Å². The first-order valence-electron chi connectivity index (χ1n) is 19.4. The summed E-state index contributed by atoms with van der Waals surface area (Å²) in [5, 5.41) is 12.5. The van der Waals surface area contributed by atoms with E-state index in [1.165, 1.54) is 109 Å². The van der Waals surface area contributed by atoms with E-state index in [2.05, 4.69) is 218 Å². The average molecular weight is 709 g/mol. The third kappa shape index (κ3) is 5.46. The van der Waals surface area contributed by atoms with Crippen LogP contribution < -0.4 is 0 Å². The Balaban J connectivity index is 1.18. The van der Waals surface area contributed by atoms with Crippen molar-refractivity contribution in [3.05, 3.63) is 218 Å². The lowest BCUT2D eigenvalue weighted by atomic mass is 9.83. The number of hydrogen-bond acceptors (Lipinski definition) is 0. The predicted molar refractivity (Wildman–Crippen MR) is 241 cm³/mol. The van der Waals surface area contributed by atoms with Crippen LogP contribution in [0.5, 0.6) is 0 Å². The van der Waals surface area contributed by atoms with E-state index in [1.54, 1.807) is 0 Å². The molecule has 0 unspecified atom stereocenters. The maximum absolute atomic E-state index is 2.44. The second kappa shape index (κ2) is 13.2. The molecule has 0 heterocycles. The highest BCUT2D eigenvalue weighted by atomic mass is 14.2. The maximum Gasteiger partial charge on any atom is -0.00259 e. The normalized spacial score (nSPS) is 11.6. The molecule has 0 aliphatic heterocycles. The zero-order valence-electron chi connectivity index (χ0n) is 30.8. The largest absolute Gasteiger partial charge is 0.0616 e. The molecule has 11 aromatic rings. The van der Waals surface area contributed by atoms with Gasteiger partial charge in [0.1, 0.15) is 0 Å². The minimum absolute atomic E-state index is 1.21. The van der Waals surface area contributed by atoms with Crippen molar-refractivity contribution in [3.8, 4) is 55.6 Å². The molecule has 0 atom stereocenters. The third-order valence-electron chi connectivity index (χ3n) is 11.6. The zero-order valence-corrected chi connectivity index (χ0v) is 30.8. The van der Waals surface area contributed by atoms with Gasteiger partial charge in [0.25, 0.3) is 0 Å². The van der Waals surface area contributed by atoms with Gasteiger partial charge in [-0.3, -0.25) is 0 Å². The lowest BCUT2D eigenvalue weighted by Crippen LogP contribution is -1.93. The Hall–Kier alpha value is -7.28. The smallest absolute Gasteiger partial charge is 0.00259 e. The summed E-state index contributed by atoms with van der Waals surface area (Å²) in [7, 11) is 0. The monoisotopic (exact) mass is 708 g/mol. The first kappa shape index (κ1) is 32.2. The van der Waals surface area contributed by atoms with Crippen LogP contribution in [0.4, 0.5) is 0 Å². The van der Waals surface area contributed by atoms with E-state index in [-0.39, 0.29) is 0 Å². The summed E-state index contributed by atoms with van der Waals surface area (Å²) in [6.45, 7) is 0. The van der Waals surface area contributed by atoms with Crippen molar-refractivity contribution in [1.29, 1.82) is 0 Å². The van der Waals surface area contributed by atoms with Gasteiger partial charge in [-0.15, -0.1) is 0 Å². The molecule has 0 aliphatic rings. The van der Waals surface area contributed by atoms with Gasteiger partial charge in [-0.1, -0.05) is 188 Å². The minimum atomic E-state index is 1.21. The molecule has 56 heavy (non-hydrogen) atoms. The van der Waals surface area contributed by atoms with E-state index in [0.29, 0.717) is 0 Å². The highest BCUT2D eigenvalue weighted by Gasteiger charge is 2.19. The standard InChI is InChI=1S/C56H36/c1-3-15-40-32-44(28-26-37(40)12-1)42-18-9-20-47(34-42)55-51-23-7-8-24-52(51)56(48-21-10-19-43(35-48)45-29-27-38-13-2-4-16-41(38)33-45)54-36-46(30-31-53(54)55)50-25-11-17-39-14-5-6-22-49(39)50/h1-36H. The molecule has 0 aromatic heterocycles. The van der Waals surface area contributed by atoms with E-state index in [1.807, 2.05) is 0 Å². The second-order valence-corrected chi connectivity index (χ2v) is 14.9. The SMILES string of the molecule is c1cc(-c2ccc3ccccc3c2)cc(-c2c3ccccc3c(-c3cccc(-c4ccc5ccccc5c4)c3)c3cc(-c4cccc5ccccc45)ccc23)c1. The first-order chi connectivity index (χ1) is 27.7. The van der Waals surface area contributed by atoms with Crippen LogP contribution in [0.3, 0.4) is 0 Å². The molecular formula is C56H36. The number of rotatable bonds is 5. The Morgan fingerprint density at radius 2 is 0.589 bits per heavy atom. The van der Waals surface area contributed by atoms with Gasteiger partial charge in [-0.05, 0) is 140 Å². The van der Waals surface area contributed by atoms with Gasteiger partial charge in [0.15, 0.2) is 0 Å². The molecule has 0 N–H and O–H groups in total. The van der Waals surface area contributed by atoms with Crippen LogP contribution in [0.2, 0.25) is 0 Å². The molecule has 0 amide bonds. The van der Waals surface area contributed by atoms with Crippen molar-refractivity contribution in [3.63, 3.8) is 0 Å². The van der Waals surface area contributed by atoms with E-state index < -0.39 is 0 Å². The molecule has 11 aromatic carbocycles. The molecule has 0 fully saturated rings. The van der Waals surface area contributed by atoms with Gasteiger partial charge >= 0.3 is 0 Å². The predicted octanol–water partition coefficient (Wildman–Crippen LogP) is 15.8. The summed E-state index contributed by atoms with van der Waals surface area (Å²) >= 11 is 0. The molecule has 260 valence electrons. The van der Waals surface area contributed by atoms with Crippen LogP contribution in [0.25, 0.3) is 109 Å². The molecule has 0 heteroatoms. The van der Waals surface area contributed by atoms with Gasteiger partial charge in [0.05, 0.1) is 0 Å². The average Bonchev–Trinajstić information content (AvgIpc) is 3.27. The third-order valence-corrected chi connectivity index (χ3v) is 11.6. The van der Waals surface area contributed by atoms with Crippen LogP contribution in [0.15, 0.2) is 218 Å². The lowest BCUT2D eigenvalue weighted by molar-refractivity contribution is 1.61. The Labute approximate surface area is 326 Å². The zero-order chi connectivity index (χ0) is 37.0. The molecule has 0 aliphatic carbocycles. The quantitative estimate of drug-likeness (QED) is 0.156. The summed E-state index contributed by atoms with van der Waals surface area (Å²) in [5.41, 5.74) is 12.3. The fourth-order valence-electron chi connectivity index (χ4n) is 8.89. The van der Waals surface area contributed by atoms with Gasteiger partial charge in [0, 0.05) is 0 Å². The Kier molecular flexibility index (Phi) is 7.60. The van der Waals surface area contributed by atoms with Gasteiger partial charge < -0.3 is 0 Å². The number of benzene rings is 11. The summed E-state index contributed by atoms with van der Waals surface area (Å²) in [6.07, 6.45) is 0. The summed E-state index contributed by atoms with van der Waals surface area (Å²) < 4.78 is 0. The number of fused-ring (bicyclic) bond motifs is 5. The Morgan fingerprint density at radius 3 is 1.20 bits per heavy atom. The van der Waals surface area contributed by atoms with E-state index in [4.69, 9.17) is 0 Å². The molecule has 0 bridgehead atoms. The van der Waals surface area contributed by atoms with Crippen LogP contribution in [-0.2, 0) is 0 Å². The van der Waals surface area contributed by atoms with Gasteiger partial charge in [-0.25, -0.2) is 0 Å². The van der Waals surface area contributed by atoms with Gasteiger partial charge in [0.2, 0.25) is 0 Å². The van der Waals surface area contributed by atoms with E-state index in [9.17, 15) is 0 Å². The lowest BCUT2D eigenvalue weighted by Gasteiger charge is -2.20. The van der Waals surface area contributed by atoms with Crippen molar-refractivity contribution in [2.24, 2.45) is 0 Å². The number of hydrogen-bond donors (Lipinski definition) is 0. The van der Waals surface area contributed by atoms with E-state index in [0.717, 1.165) is 0 Å². The minimum Gasteiger partial charge on any atom is -0.0616 e. The van der Waals surface area contributed by atoms with Crippen LogP contribution in [0, 0.1) is 0 Å². The van der Waals surface area contributed by atoms with Crippen LogP contribution in [-0.4, -0.2) is 0 Å². The molecule has 11 rings (SSSR count). The molecule has 0 spiro atoms. The van der Waals surface area contributed by atoms with Crippen molar-refractivity contribution < 1.29 is 0 Å². The van der Waals surface area contributed by atoms with Crippen LogP contribution in [0.1, 0.15) is 0 Å². The Bertz CT molecular complexity index is 3300. The fraction of sp³-hybridized carbons (Fsp3) is 0. The highest BCUT2D eigenvalue weighted by molar-refractivity contribution is 6.22. The maximum atomic E-state index is 2.44. The van der Waals surface area contributed by atoms with Crippen LogP contribution >= 0.6 is 0 Å². The fourth-order valence-corrected chi connectivity index (χ4v) is 8.89. The Morgan fingerprint density at radius 1 is 0.179 bits per heavy atom. The highest BCUT2D eigenvalue weighted by Crippen LogP contribution is 2.46. The second-order valence-electron chi connectivity index (χ2n) is 14.9. The van der Waals surface area contributed by atoms with E-state index >= 15 is 0 Å². The van der Waals surface area contributed by atoms with Gasteiger partial charge in [-0.2, -0.15) is 0 Å². The molecule has 0 saturated carbocycles. The van der Waals surface area contributed by atoms with Crippen molar-refractivity contribution in [1.82, 2.24) is 0 Å². The first-order valence-corrected chi connectivity index (χ1v) is 19.4. The summed E-state index contributed by atoms with van der Waals surface area (Å²) in [6, 6.07) is 80.5.